The van der Waals surface area contributed by atoms with Gasteiger partial charge >= 0.3 is 0 Å². The van der Waals surface area contributed by atoms with E-state index >= 15 is 0 Å². The zero-order chi connectivity index (χ0) is 14.5. The predicted molar refractivity (Wildman–Crippen MR) is 79.2 cm³/mol. The average Bonchev–Trinajstić information content (AvgIpc) is 2.53. The van der Waals surface area contributed by atoms with Crippen molar-refractivity contribution in [2.45, 2.75) is 64.3 Å². The molecule has 2 aliphatic rings. The predicted octanol–water partition coefficient (Wildman–Crippen LogP) is 2.43. The fourth-order valence-electron chi connectivity index (χ4n) is 3.57. The third-order valence-corrected chi connectivity index (χ3v) is 4.90. The van der Waals surface area contributed by atoms with Crippen molar-refractivity contribution >= 4 is 11.8 Å². The Kier molecular flexibility index (Phi) is 5.44. The third kappa shape index (κ3) is 3.53. The van der Waals surface area contributed by atoms with Crippen LogP contribution in [0.4, 0.5) is 0 Å². The molecule has 1 heterocycles. The summed E-state index contributed by atoms with van der Waals surface area (Å²) in [5.74, 6) is 0.458. The van der Waals surface area contributed by atoms with E-state index in [1.807, 2.05) is 23.8 Å². The van der Waals surface area contributed by atoms with Crippen LogP contribution < -0.4 is 0 Å². The number of piperidine rings is 1. The summed E-state index contributed by atoms with van der Waals surface area (Å²) >= 11 is 0. The van der Waals surface area contributed by atoms with Crippen molar-refractivity contribution in [1.29, 1.82) is 0 Å². The molecule has 1 aliphatic heterocycles. The molecule has 0 spiro atoms. The Hall–Kier alpha value is -1.06. The van der Waals surface area contributed by atoms with Crippen LogP contribution in [0.25, 0.3) is 0 Å². The first-order valence-electron chi connectivity index (χ1n) is 8.18. The molecule has 1 saturated carbocycles. The number of amides is 2. The molecule has 4 nitrogen and oxygen atoms in total. The minimum Gasteiger partial charge on any atom is -0.342 e. The molecule has 1 aliphatic carbocycles. The van der Waals surface area contributed by atoms with Gasteiger partial charge in [0.05, 0.1) is 5.92 Å². The van der Waals surface area contributed by atoms with Gasteiger partial charge in [-0.1, -0.05) is 26.2 Å². The number of likely N-dealkylation sites (tertiary alicyclic amines) is 1. The van der Waals surface area contributed by atoms with Crippen molar-refractivity contribution < 1.29 is 9.59 Å². The van der Waals surface area contributed by atoms with Crippen molar-refractivity contribution in [1.82, 2.24) is 9.80 Å². The summed E-state index contributed by atoms with van der Waals surface area (Å²) in [5, 5.41) is 0. The topological polar surface area (TPSA) is 40.6 Å². The highest BCUT2D eigenvalue weighted by molar-refractivity contribution is 5.81. The smallest absolute Gasteiger partial charge is 0.227 e. The third-order valence-electron chi connectivity index (χ3n) is 4.90. The van der Waals surface area contributed by atoms with E-state index in [1.165, 1.54) is 19.3 Å². The Labute approximate surface area is 122 Å². The Morgan fingerprint density at radius 3 is 2.45 bits per heavy atom. The van der Waals surface area contributed by atoms with Gasteiger partial charge < -0.3 is 9.80 Å². The fourth-order valence-corrected chi connectivity index (χ4v) is 3.57. The van der Waals surface area contributed by atoms with Gasteiger partial charge in [-0.25, -0.2) is 0 Å². The van der Waals surface area contributed by atoms with Crippen LogP contribution in [0.15, 0.2) is 0 Å². The number of hydrogen-bond donors (Lipinski definition) is 0. The molecule has 2 rings (SSSR count). The molecule has 1 atom stereocenters. The quantitative estimate of drug-likeness (QED) is 0.796. The van der Waals surface area contributed by atoms with Gasteiger partial charge in [0.2, 0.25) is 11.8 Å². The summed E-state index contributed by atoms with van der Waals surface area (Å²) in [6.45, 7) is 3.34. The molecular weight excluding hydrogens is 252 g/mol. The Morgan fingerprint density at radius 1 is 1.10 bits per heavy atom. The lowest BCUT2D eigenvalue weighted by Crippen LogP contribution is -2.48. The maximum atomic E-state index is 12.6. The van der Waals surface area contributed by atoms with Crippen molar-refractivity contribution in [3.63, 3.8) is 0 Å². The molecule has 0 aromatic rings. The molecule has 1 saturated heterocycles. The zero-order valence-electron chi connectivity index (χ0n) is 12.9. The SMILES string of the molecule is CCC(=O)N1CCCC(C(=O)N(C)C2CCCCC2)C1. The summed E-state index contributed by atoms with van der Waals surface area (Å²) in [6, 6.07) is 0.425. The van der Waals surface area contributed by atoms with Crippen LogP contribution in [0.5, 0.6) is 0 Å². The van der Waals surface area contributed by atoms with Crippen molar-refractivity contribution in [2.75, 3.05) is 20.1 Å². The second-order valence-corrected chi connectivity index (χ2v) is 6.27. The maximum Gasteiger partial charge on any atom is 0.227 e. The minimum atomic E-state index is 0.0196. The van der Waals surface area contributed by atoms with Crippen molar-refractivity contribution in [2.24, 2.45) is 5.92 Å². The molecule has 0 N–H and O–H groups in total. The van der Waals surface area contributed by atoms with E-state index in [-0.39, 0.29) is 17.7 Å². The number of carbonyl (C=O) groups is 2. The molecule has 0 aromatic carbocycles. The van der Waals surface area contributed by atoms with E-state index in [0.29, 0.717) is 19.0 Å². The van der Waals surface area contributed by atoms with Crippen molar-refractivity contribution in [3.8, 4) is 0 Å². The second-order valence-electron chi connectivity index (χ2n) is 6.27. The van der Waals surface area contributed by atoms with Crippen molar-refractivity contribution in [3.05, 3.63) is 0 Å². The number of carbonyl (C=O) groups excluding carboxylic acids is 2. The molecule has 2 amide bonds. The van der Waals surface area contributed by atoms with E-state index in [4.69, 9.17) is 0 Å². The lowest BCUT2D eigenvalue weighted by atomic mass is 9.91. The first-order chi connectivity index (χ1) is 9.63. The van der Waals surface area contributed by atoms with Gasteiger partial charge in [-0.3, -0.25) is 9.59 Å². The standard InChI is InChI=1S/C16H28N2O2/c1-3-15(19)18-11-7-8-13(12-18)16(20)17(2)14-9-5-4-6-10-14/h13-14H,3-12H2,1-2H3. The Morgan fingerprint density at radius 2 is 1.80 bits per heavy atom. The molecule has 20 heavy (non-hydrogen) atoms. The zero-order valence-corrected chi connectivity index (χ0v) is 12.9. The highest BCUT2D eigenvalue weighted by Gasteiger charge is 2.32. The summed E-state index contributed by atoms with van der Waals surface area (Å²) in [7, 11) is 1.96. The molecule has 2 fully saturated rings. The maximum absolute atomic E-state index is 12.6. The largest absolute Gasteiger partial charge is 0.342 e. The fraction of sp³-hybridized carbons (Fsp3) is 0.875. The van der Waals surface area contributed by atoms with E-state index in [2.05, 4.69) is 0 Å². The molecular formula is C16H28N2O2. The molecule has 0 radical (unpaired) electrons. The van der Waals surface area contributed by atoms with E-state index < -0.39 is 0 Å². The second kappa shape index (κ2) is 7.09. The average molecular weight is 280 g/mol. The molecule has 4 heteroatoms. The van der Waals surface area contributed by atoms with Crippen LogP contribution >= 0.6 is 0 Å². The van der Waals surface area contributed by atoms with Gasteiger partial charge in [0.15, 0.2) is 0 Å². The summed E-state index contributed by atoms with van der Waals surface area (Å²) in [6.07, 6.45) is 8.52. The van der Waals surface area contributed by atoms with Gasteiger partial charge in [-0.15, -0.1) is 0 Å². The normalized spacial score (nSPS) is 24.5. The van der Waals surface area contributed by atoms with Gasteiger partial charge in [0.25, 0.3) is 0 Å². The Bertz CT molecular complexity index is 350. The monoisotopic (exact) mass is 280 g/mol. The van der Waals surface area contributed by atoms with Gasteiger partial charge in [-0.2, -0.15) is 0 Å². The minimum absolute atomic E-state index is 0.0196. The summed E-state index contributed by atoms with van der Waals surface area (Å²) < 4.78 is 0. The van der Waals surface area contributed by atoms with Crippen LogP contribution in [-0.2, 0) is 9.59 Å². The molecule has 1 unspecified atom stereocenters. The highest BCUT2D eigenvalue weighted by Crippen LogP contribution is 2.25. The number of nitrogens with zero attached hydrogens (tertiary/aromatic N) is 2. The van der Waals surface area contributed by atoms with E-state index in [0.717, 1.165) is 32.2 Å². The van der Waals surface area contributed by atoms with E-state index in [1.54, 1.807) is 0 Å². The van der Waals surface area contributed by atoms with Crippen LogP contribution in [0.2, 0.25) is 0 Å². The molecule has 114 valence electrons. The van der Waals surface area contributed by atoms with E-state index in [9.17, 15) is 9.59 Å². The first kappa shape index (κ1) is 15.3. The first-order valence-corrected chi connectivity index (χ1v) is 8.18. The number of rotatable bonds is 3. The molecule has 0 aromatic heterocycles. The lowest BCUT2D eigenvalue weighted by Gasteiger charge is -2.37. The summed E-state index contributed by atoms with van der Waals surface area (Å²) in [4.78, 5) is 28.3. The highest BCUT2D eigenvalue weighted by atomic mass is 16.2. The van der Waals surface area contributed by atoms with Crippen LogP contribution in [-0.4, -0.2) is 47.8 Å². The van der Waals surface area contributed by atoms with Gasteiger partial charge in [0.1, 0.15) is 0 Å². The van der Waals surface area contributed by atoms with Crippen LogP contribution in [0, 0.1) is 5.92 Å². The van der Waals surface area contributed by atoms with Crippen LogP contribution in [0.1, 0.15) is 58.3 Å². The Balaban J connectivity index is 1.92. The molecule has 0 bridgehead atoms. The van der Waals surface area contributed by atoms with Crippen LogP contribution in [0.3, 0.4) is 0 Å². The summed E-state index contributed by atoms with van der Waals surface area (Å²) in [5.41, 5.74) is 0. The van der Waals surface area contributed by atoms with Gasteiger partial charge in [-0.05, 0) is 25.7 Å². The number of hydrogen-bond acceptors (Lipinski definition) is 2. The lowest BCUT2D eigenvalue weighted by molar-refractivity contribution is -0.141. The van der Waals surface area contributed by atoms with Gasteiger partial charge in [0, 0.05) is 32.6 Å².